The maximum absolute atomic E-state index is 12.5. The van der Waals surface area contributed by atoms with Crippen LogP contribution in [0.4, 0.5) is 5.82 Å². The topological polar surface area (TPSA) is 87.7 Å². The van der Waals surface area contributed by atoms with Crippen molar-refractivity contribution in [1.29, 1.82) is 0 Å². The van der Waals surface area contributed by atoms with Crippen molar-refractivity contribution >= 4 is 68.2 Å². The van der Waals surface area contributed by atoms with Gasteiger partial charge >= 0.3 is 0 Å². The smallest absolute Gasteiger partial charge is 0.260 e. The summed E-state index contributed by atoms with van der Waals surface area (Å²) < 4.78 is 0. The van der Waals surface area contributed by atoms with Gasteiger partial charge in [-0.15, -0.1) is 11.3 Å². The van der Waals surface area contributed by atoms with Gasteiger partial charge in [0.05, 0.1) is 21.2 Å². The lowest BCUT2D eigenvalue weighted by Gasteiger charge is -2.09. The Labute approximate surface area is 172 Å². The average molecular weight is 441 g/mol. The highest BCUT2D eigenvalue weighted by molar-refractivity contribution is 7.99. The van der Waals surface area contributed by atoms with Gasteiger partial charge in [0.15, 0.2) is 11.0 Å². The van der Waals surface area contributed by atoms with Gasteiger partial charge in [-0.3, -0.25) is 9.59 Å². The molecule has 10 heteroatoms. The minimum atomic E-state index is -0.301. The Balaban J connectivity index is 1.48. The number of carbonyl (C=O) groups is 1. The molecule has 0 aliphatic heterocycles. The van der Waals surface area contributed by atoms with Crippen LogP contribution in [0.3, 0.4) is 0 Å². The molecule has 1 aliphatic rings. The van der Waals surface area contributed by atoms with Crippen LogP contribution in [0, 0.1) is 0 Å². The Morgan fingerprint density at radius 2 is 2.15 bits per heavy atom. The van der Waals surface area contributed by atoms with E-state index in [-0.39, 0.29) is 28.1 Å². The SMILES string of the molecule is O=C(CSc1nc2sc3c(c2c(=O)[nH]1)CCCC3)Nc1ncc(Cl)cc1Cl. The fourth-order valence-electron chi connectivity index (χ4n) is 3.02. The molecule has 0 bridgehead atoms. The number of thiophene rings is 1. The molecule has 0 atom stereocenters. The zero-order valence-corrected chi connectivity index (χ0v) is 17.1. The Morgan fingerprint density at radius 1 is 1.33 bits per heavy atom. The van der Waals surface area contributed by atoms with Gasteiger partial charge < -0.3 is 10.3 Å². The lowest BCUT2D eigenvalue weighted by Crippen LogP contribution is -2.16. The molecule has 0 saturated carbocycles. The van der Waals surface area contributed by atoms with Gasteiger partial charge in [-0.05, 0) is 37.3 Å². The summed E-state index contributed by atoms with van der Waals surface area (Å²) in [4.78, 5) is 38.0. The Hall–Kier alpha value is -1.61. The Bertz CT molecular complexity index is 1100. The molecule has 3 heterocycles. The predicted molar refractivity (Wildman–Crippen MR) is 110 cm³/mol. The summed E-state index contributed by atoms with van der Waals surface area (Å²) in [5.74, 6) is 0.0135. The third-order valence-electron chi connectivity index (χ3n) is 4.21. The van der Waals surface area contributed by atoms with Crippen LogP contribution in [0.2, 0.25) is 10.0 Å². The van der Waals surface area contributed by atoms with Crippen molar-refractivity contribution in [3.05, 3.63) is 43.1 Å². The van der Waals surface area contributed by atoms with Crippen molar-refractivity contribution in [1.82, 2.24) is 15.0 Å². The quantitative estimate of drug-likeness (QED) is 0.466. The van der Waals surface area contributed by atoms with E-state index in [9.17, 15) is 9.59 Å². The summed E-state index contributed by atoms with van der Waals surface area (Å²) in [6.07, 6.45) is 5.61. The summed E-state index contributed by atoms with van der Waals surface area (Å²) in [5, 5.41) is 4.41. The van der Waals surface area contributed by atoms with E-state index < -0.39 is 0 Å². The number of aromatic nitrogens is 3. The lowest BCUT2D eigenvalue weighted by molar-refractivity contribution is -0.113. The second kappa shape index (κ2) is 7.79. The van der Waals surface area contributed by atoms with Crippen molar-refractivity contribution in [3.63, 3.8) is 0 Å². The number of nitrogens with one attached hydrogen (secondary N) is 2. The maximum atomic E-state index is 12.5. The third-order valence-corrected chi connectivity index (χ3v) is 6.76. The van der Waals surface area contributed by atoms with E-state index in [1.54, 1.807) is 11.3 Å². The monoisotopic (exact) mass is 440 g/mol. The molecule has 140 valence electrons. The first kappa shape index (κ1) is 18.7. The molecule has 3 aromatic rings. The fraction of sp³-hybridized carbons (Fsp3) is 0.294. The van der Waals surface area contributed by atoms with Gasteiger partial charge in [-0.25, -0.2) is 9.97 Å². The van der Waals surface area contributed by atoms with Crippen molar-refractivity contribution < 1.29 is 4.79 Å². The normalized spacial score (nSPS) is 13.6. The molecule has 6 nitrogen and oxygen atoms in total. The zero-order chi connectivity index (χ0) is 19.0. The van der Waals surface area contributed by atoms with Gasteiger partial charge in [0.25, 0.3) is 5.56 Å². The van der Waals surface area contributed by atoms with E-state index in [0.717, 1.165) is 47.8 Å². The highest BCUT2D eigenvalue weighted by Crippen LogP contribution is 2.34. The van der Waals surface area contributed by atoms with Crippen molar-refractivity contribution in [2.24, 2.45) is 0 Å². The highest BCUT2D eigenvalue weighted by atomic mass is 35.5. The number of hydrogen-bond donors (Lipinski definition) is 2. The van der Waals surface area contributed by atoms with Gasteiger partial charge in [-0.2, -0.15) is 0 Å². The number of aromatic amines is 1. The van der Waals surface area contributed by atoms with Crippen molar-refractivity contribution in [2.45, 2.75) is 30.8 Å². The first-order chi connectivity index (χ1) is 13.0. The van der Waals surface area contributed by atoms with Crippen molar-refractivity contribution in [2.75, 3.05) is 11.1 Å². The van der Waals surface area contributed by atoms with Crippen LogP contribution in [0.15, 0.2) is 22.2 Å². The molecule has 1 amide bonds. The Morgan fingerprint density at radius 3 is 2.96 bits per heavy atom. The van der Waals surface area contributed by atoms with Gasteiger partial charge in [0.2, 0.25) is 5.91 Å². The van der Waals surface area contributed by atoms with Crippen LogP contribution >= 0.6 is 46.3 Å². The number of aryl methyl sites for hydroxylation is 2. The summed E-state index contributed by atoms with van der Waals surface area (Å²) in [7, 11) is 0. The zero-order valence-electron chi connectivity index (χ0n) is 14.0. The Kier molecular flexibility index (Phi) is 5.41. The number of anilines is 1. The van der Waals surface area contributed by atoms with Crippen LogP contribution in [0.1, 0.15) is 23.3 Å². The van der Waals surface area contributed by atoms with Crippen LogP contribution < -0.4 is 10.9 Å². The molecule has 0 aromatic carbocycles. The minimum Gasteiger partial charge on any atom is -0.309 e. The lowest BCUT2D eigenvalue weighted by atomic mass is 9.97. The number of pyridine rings is 1. The van der Waals surface area contributed by atoms with Crippen molar-refractivity contribution in [3.8, 4) is 0 Å². The van der Waals surface area contributed by atoms with Gasteiger partial charge in [-0.1, -0.05) is 35.0 Å². The average Bonchev–Trinajstić information content (AvgIpc) is 3.01. The molecule has 3 aromatic heterocycles. The van der Waals surface area contributed by atoms with E-state index in [4.69, 9.17) is 23.2 Å². The summed E-state index contributed by atoms with van der Waals surface area (Å²) in [6, 6.07) is 1.50. The number of carbonyl (C=O) groups excluding carboxylic acids is 1. The van der Waals surface area contributed by atoms with E-state index in [1.165, 1.54) is 17.1 Å². The molecular weight excluding hydrogens is 427 g/mol. The van der Waals surface area contributed by atoms with Gasteiger partial charge in [0.1, 0.15) is 4.83 Å². The molecular formula is C17H14Cl2N4O2S2. The molecule has 0 spiro atoms. The third kappa shape index (κ3) is 3.99. The van der Waals surface area contributed by atoms with E-state index in [1.807, 2.05) is 0 Å². The van der Waals surface area contributed by atoms with Crippen LogP contribution in [0.5, 0.6) is 0 Å². The molecule has 4 rings (SSSR count). The molecule has 2 N–H and O–H groups in total. The van der Waals surface area contributed by atoms with E-state index in [0.29, 0.717) is 15.6 Å². The summed E-state index contributed by atoms with van der Waals surface area (Å²) in [5.41, 5.74) is 1.01. The fourth-order valence-corrected chi connectivity index (χ4v) is 5.43. The predicted octanol–water partition coefficient (Wildman–Crippen LogP) is 4.30. The maximum Gasteiger partial charge on any atom is 0.260 e. The minimum absolute atomic E-state index is 0.0696. The van der Waals surface area contributed by atoms with Crippen LogP contribution in [0.25, 0.3) is 10.2 Å². The van der Waals surface area contributed by atoms with E-state index in [2.05, 4.69) is 20.3 Å². The highest BCUT2D eigenvalue weighted by Gasteiger charge is 2.20. The number of fused-ring (bicyclic) bond motifs is 3. The molecule has 1 aliphatic carbocycles. The number of halogens is 2. The van der Waals surface area contributed by atoms with Gasteiger partial charge in [0, 0.05) is 11.1 Å². The largest absolute Gasteiger partial charge is 0.309 e. The second-order valence-corrected chi connectivity index (χ2v) is 8.97. The first-order valence-electron chi connectivity index (χ1n) is 8.29. The first-order valence-corrected chi connectivity index (χ1v) is 10.9. The number of amides is 1. The summed E-state index contributed by atoms with van der Waals surface area (Å²) >= 11 is 14.5. The number of rotatable bonds is 4. The molecule has 0 saturated heterocycles. The molecule has 0 radical (unpaired) electrons. The van der Waals surface area contributed by atoms with Crippen LogP contribution in [-0.2, 0) is 17.6 Å². The molecule has 0 unspecified atom stereocenters. The number of H-pyrrole nitrogens is 1. The number of thioether (sulfide) groups is 1. The second-order valence-electron chi connectivity index (χ2n) is 6.08. The summed E-state index contributed by atoms with van der Waals surface area (Å²) in [6.45, 7) is 0. The molecule has 0 fully saturated rings. The number of hydrogen-bond acceptors (Lipinski definition) is 6. The standard InChI is InChI=1S/C17H14Cl2N4O2S2/c18-8-5-10(19)14(20-6-8)21-12(24)7-26-17-22-15(25)13-9-3-1-2-4-11(9)27-16(13)23-17/h5-6H,1-4,7H2,(H,20,21,24)(H,22,23,25). The molecule has 27 heavy (non-hydrogen) atoms. The number of nitrogens with zero attached hydrogens (tertiary/aromatic N) is 2. The van der Waals surface area contributed by atoms with E-state index >= 15 is 0 Å². The van der Waals surface area contributed by atoms with Crippen LogP contribution in [-0.4, -0.2) is 26.6 Å².